The van der Waals surface area contributed by atoms with Crippen molar-refractivity contribution in [1.82, 2.24) is 4.90 Å². The standard InChI is InChI=1S/C26H27NO9S/c1-14(28)35-13-18-19(21(29)26(2,3)4)27-22(30)20(34-5)23(27)37(32,33)25(18)36-24(31)17-11-10-15-8-6-7-9-16(15)12-17/h6-12,20,23,25H,13H2,1-5H3/t20-,23-,25?/m0/s1. The molecule has 0 bridgehead atoms. The van der Waals surface area contributed by atoms with Crippen LogP contribution < -0.4 is 0 Å². The zero-order valence-corrected chi connectivity index (χ0v) is 21.8. The number of fused-ring (bicyclic) bond motifs is 2. The lowest BCUT2D eigenvalue weighted by atomic mass is 9.85. The Hall–Kier alpha value is -3.57. The predicted octanol–water partition coefficient (Wildman–Crippen LogP) is 2.37. The number of carbonyl (C=O) groups is 4. The summed E-state index contributed by atoms with van der Waals surface area (Å²) in [6.07, 6.45) is -1.38. The second-order valence-corrected chi connectivity index (χ2v) is 12.0. The van der Waals surface area contributed by atoms with Gasteiger partial charge in [-0.15, -0.1) is 0 Å². The number of Topliss-reactive ketones (excluding diaryl/α,β-unsaturated/α-hetero) is 1. The molecule has 4 rings (SSSR count). The van der Waals surface area contributed by atoms with Gasteiger partial charge in [-0.05, 0) is 22.9 Å². The molecule has 1 saturated heterocycles. The molecule has 2 aromatic rings. The number of nitrogens with zero attached hydrogens (tertiary/aromatic N) is 1. The fraction of sp³-hybridized carbons (Fsp3) is 0.385. The lowest BCUT2D eigenvalue weighted by Gasteiger charge is -2.51. The summed E-state index contributed by atoms with van der Waals surface area (Å²) in [6.45, 7) is 5.22. The van der Waals surface area contributed by atoms with Gasteiger partial charge in [0.2, 0.25) is 15.3 Å². The minimum atomic E-state index is -4.48. The number of methoxy groups -OCH3 is 1. The number of ketones is 1. The average Bonchev–Trinajstić information content (AvgIpc) is 2.83. The average molecular weight is 530 g/mol. The van der Waals surface area contributed by atoms with Crippen molar-refractivity contribution in [2.75, 3.05) is 13.7 Å². The maximum Gasteiger partial charge on any atom is 0.339 e. The normalized spacial score (nSPS) is 22.8. The molecule has 0 aromatic heterocycles. The van der Waals surface area contributed by atoms with Crippen LogP contribution in [0.1, 0.15) is 38.1 Å². The van der Waals surface area contributed by atoms with E-state index in [9.17, 15) is 27.6 Å². The number of esters is 2. The van der Waals surface area contributed by atoms with Gasteiger partial charge in [-0.25, -0.2) is 13.2 Å². The Balaban J connectivity index is 1.86. The Labute approximate surface area is 214 Å². The molecule has 2 aromatic carbocycles. The Morgan fingerprint density at radius 1 is 1.03 bits per heavy atom. The van der Waals surface area contributed by atoms with Gasteiger partial charge in [0, 0.05) is 19.4 Å². The van der Waals surface area contributed by atoms with Crippen molar-refractivity contribution in [3.63, 3.8) is 0 Å². The monoisotopic (exact) mass is 529 g/mol. The molecule has 2 aliphatic heterocycles. The van der Waals surface area contributed by atoms with Crippen LogP contribution in [0.5, 0.6) is 0 Å². The van der Waals surface area contributed by atoms with Crippen LogP contribution in [0.4, 0.5) is 0 Å². The fourth-order valence-electron chi connectivity index (χ4n) is 4.35. The lowest BCUT2D eigenvalue weighted by Crippen LogP contribution is -2.72. The first-order chi connectivity index (χ1) is 17.3. The molecule has 10 nitrogen and oxygen atoms in total. The van der Waals surface area contributed by atoms with Crippen LogP contribution in [0.25, 0.3) is 10.8 Å². The SMILES string of the molecule is CO[C@H]1C(=O)N2C(C(=O)C(C)(C)C)=C(COC(C)=O)C(OC(=O)c3ccc4ccccc4c3)S(=O)(=O)[C@@H]12. The van der Waals surface area contributed by atoms with E-state index in [0.29, 0.717) is 0 Å². The number of rotatable bonds is 6. The first-order valence-corrected chi connectivity index (χ1v) is 13.1. The van der Waals surface area contributed by atoms with Gasteiger partial charge in [-0.1, -0.05) is 51.1 Å². The highest BCUT2D eigenvalue weighted by molar-refractivity contribution is 7.93. The molecular weight excluding hydrogens is 502 g/mol. The molecule has 2 aliphatic rings. The van der Waals surface area contributed by atoms with E-state index in [0.717, 1.165) is 22.6 Å². The van der Waals surface area contributed by atoms with Crippen LogP contribution >= 0.6 is 0 Å². The number of benzene rings is 2. The number of hydrogen-bond donors (Lipinski definition) is 0. The minimum absolute atomic E-state index is 0.0832. The summed E-state index contributed by atoms with van der Waals surface area (Å²) in [5.41, 5.74) is -3.53. The van der Waals surface area contributed by atoms with Crippen LogP contribution in [0.3, 0.4) is 0 Å². The molecule has 0 saturated carbocycles. The molecule has 0 spiro atoms. The quantitative estimate of drug-likeness (QED) is 0.408. The molecule has 0 aliphatic carbocycles. The van der Waals surface area contributed by atoms with Gasteiger partial charge < -0.3 is 14.2 Å². The van der Waals surface area contributed by atoms with Gasteiger partial charge in [0.1, 0.15) is 6.61 Å². The third kappa shape index (κ3) is 4.53. The second-order valence-electron chi connectivity index (χ2n) is 9.88. The number of hydrogen-bond acceptors (Lipinski definition) is 9. The molecule has 196 valence electrons. The molecule has 2 heterocycles. The molecule has 1 amide bonds. The molecule has 3 atom stereocenters. The molecular formula is C26H27NO9S. The summed E-state index contributed by atoms with van der Waals surface area (Å²) >= 11 is 0. The highest BCUT2D eigenvalue weighted by atomic mass is 32.2. The summed E-state index contributed by atoms with van der Waals surface area (Å²) in [5, 5.41) is 0.0177. The van der Waals surface area contributed by atoms with E-state index in [-0.39, 0.29) is 16.8 Å². The first-order valence-electron chi connectivity index (χ1n) is 11.5. The fourth-order valence-corrected chi connectivity index (χ4v) is 6.48. The Morgan fingerprint density at radius 2 is 1.68 bits per heavy atom. The Bertz CT molecular complexity index is 1450. The topological polar surface area (TPSA) is 133 Å². The van der Waals surface area contributed by atoms with Gasteiger partial charge in [0.15, 0.2) is 17.3 Å². The van der Waals surface area contributed by atoms with Crippen molar-refractivity contribution in [1.29, 1.82) is 0 Å². The van der Waals surface area contributed by atoms with E-state index in [1.807, 2.05) is 12.1 Å². The molecule has 0 N–H and O–H groups in total. The van der Waals surface area contributed by atoms with Crippen molar-refractivity contribution in [2.24, 2.45) is 5.41 Å². The van der Waals surface area contributed by atoms with Crippen molar-refractivity contribution in [3.8, 4) is 0 Å². The highest BCUT2D eigenvalue weighted by Gasteiger charge is 2.65. The lowest BCUT2D eigenvalue weighted by molar-refractivity contribution is -0.161. The summed E-state index contributed by atoms with van der Waals surface area (Å²) < 4.78 is 43.1. The highest BCUT2D eigenvalue weighted by Crippen LogP contribution is 2.44. The summed E-state index contributed by atoms with van der Waals surface area (Å²) in [7, 11) is -3.30. The first kappa shape index (κ1) is 26.5. The summed E-state index contributed by atoms with van der Waals surface area (Å²) in [5.74, 6) is -3.03. The third-order valence-corrected chi connectivity index (χ3v) is 8.35. The Kier molecular flexibility index (Phi) is 6.72. The van der Waals surface area contributed by atoms with Gasteiger partial charge >= 0.3 is 11.9 Å². The maximum atomic E-state index is 13.7. The van der Waals surface area contributed by atoms with E-state index in [1.54, 1.807) is 45.0 Å². The molecule has 37 heavy (non-hydrogen) atoms. The Morgan fingerprint density at radius 3 is 2.27 bits per heavy atom. The van der Waals surface area contributed by atoms with Crippen molar-refractivity contribution >= 4 is 44.2 Å². The molecule has 1 fully saturated rings. The molecule has 11 heteroatoms. The van der Waals surface area contributed by atoms with E-state index < -0.39 is 62.4 Å². The number of ether oxygens (including phenoxy) is 3. The van der Waals surface area contributed by atoms with Crippen LogP contribution in [0.2, 0.25) is 0 Å². The summed E-state index contributed by atoms with van der Waals surface area (Å²) in [6, 6.07) is 12.0. The number of allylic oxidation sites excluding steroid dienone is 1. The van der Waals surface area contributed by atoms with E-state index in [2.05, 4.69) is 0 Å². The second kappa shape index (κ2) is 9.38. The van der Waals surface area contributed by atoms with Crippen molar-refractivity contribution in [3.05, 3.63) is 59.3 Å². The molecule has 0 radical (unpaired) electrons. The predicted molar refractivity (Wildman–Crippen MR) is 132 cm³/mol. The molecule has 1 unspecified atom stereocenters. The zero-order chi connectivity index (χ0) is 27.3. The van der Waals surface area contributed by atoms with Crippen LogP contribution in [0, 0.1) is 5.41 Å². The third-order valence-electron chi connectivity index (χ3n) is 6.24. The van der Waals surface area contributed by atoms with E-state index >= 15 is 0 Å². The van der Waals surface area contributed by atoms with Gasteiger partial charge in [0.25, 0.3) is 5.91 Å². The smallest absolute Gasteiger partial charge is 0.339 e. The number of sulfone groups is 1. The summed E-state index contributed by atoms with van der Waals surface area (Å²) in [4.78, 5) is 52.0. The minimum Gasteiger partial charge on any atom is -0.461 e. The van der Waals surface area contributed by atoms with Crippen molar-refractivity contribution in [2.45, 2.75) is 44.6 Å². The van der Waals surface area contributed by atoms with Gasteiger partial charge in [-0.2, -0.15) is 0 Å². The number of carbonyl (C=O) groups excluding carboxylic acids is 4. The maximum absolute atomic E-state index is 13.7. The van der Waals surface area contributed by atoms with Crippen molar-refractivity contribution < 1.29 is 41.8 Å². The largest absolute Gasteiger partial charge is 0.461 e. The van der Waals surface area contributed by atoms with Crippen LogP contribution in [0.15, 0.2) is 53.7 Å². The van der Waals surface area contributed by atoms with E-state index in [1.165, 1.54) is 13.2 Å². The van der Waals surface area contributed by atoms with Crippen LogP contribution in [-0.2, 0) is 38.4 Å². The van der Waals surface area contributed by atoms with Crippen LogP contribution in [-0.4, -0.2) is 67.6 Å². The van der Waals surface area contributed by atoms with Gasteiger partial charge in [0.05, 0.1) is 16.8 Å². The number of amides is 1. The van der Waals surface area contributed by atoms with E-state index in [4.69, 9.17) is 14.2 Å². The van der Waals surface area contributed by atoms with Gasteiger partial charge in [-0.3, -0.25) is 19.3 Å². The number of β-lactam (4-membered cyclic amide) rings is 1. The zero-order valence-electron chi connectivity index (χ0n) is 21.0.